The maximum atomic E-state index is 8.92. The Labute approximate surface area is 105 Å². The highest BCUT2D eigenvalue weighted by Crippen LogP contribution is 2.31. The predicted molar refractivity (Wildman–Crippen MR) is 66.2 cm³/mol. The SMILES string of the molecule is OCc1nc(-c2ccc(Br)cc2Cl)cs1. The Kier molecular flexibility index (Phi) is 3.41. The number of hydrogen-bond acceptors (Lipinski definition) is 3. The number of halogens is 2. The van der Waals surface area contributed by atoms with E-state index in [9.17, 15) is 0 Å². The van der Waals surface area contributed by atoms with Crippen LogP contribution in [0.15, 0.2) is 28.1 Å². The summed E-state index contributed by atoms with van der Waals surface area (Å²) in [5.41, 5.74) is 1.69. The van der Waals surface area contributed by atoms with Crippen LogP contribution in [0.3, 0.4) is 0 Å². The molecule has 0 spiro atoms. The minimum Gasteiger partial charge on any atom is -0.389 e. The quantitative estimate of drug-likeness (QED) is 0.917. The van der Waals surface area contributed by atoms with Crippen LogP contribution in [0.1, 0.15) is 5.01 Å². The van der Waals surface area contributed by atoms with Gasteiger partial charge >= 0.3 is 0 Å². The van der Waals surface area contributed by atoms with Crippen LogP contribution in [0.2, 0.25) is 5.02 Å². The number of hydrogen-bond donors (Lipinski definition) is 1. The minimum atomic E-state index is -0.0290. The predicted octanol–water partition coefficient (Wildman–Crippen LogP) is 3.72. The van der Waals surface area contributed by atoms with Gasteiger partial charge in [-0.15, -0.1) is 11.3 Å². The Morgan fingerprint density at radius 1 is 1.47 bits per heavy atom. The van der Waals surface area contributed by atoms with Crippen LogP contribution in [0.25, 0.3) is 11.3 Å². The smallest absolute Gasteiger partial charge is 0.119 e. The van der Waals surface area contributed by atoms with Gasteiger partial charge in [0.05, 0.1) is 17.3 Å². The zero-order valence-corrected chi connectivity index (χ0v) is 10.7. The van der Waals surface area contributed by atoms with Gasteiger partial charge in [-0.05, 0) is 12.1 Å². The number of nitrogens with zero attached hydrogens (tertiary/aromatic N) is 1. The lowest BCUT2D eigenvalue weighted by Gasteiger charge is -2.00. The van der Waals surface area contributed by atoms with Gasteiger partial charge in [0, 0.05) is 15.4 Å². The molecule has 1 aromatic carbocycles. The van der Waals surface area contributed by atoms with E-state index in [0.29, 0.717) is 10.0 Å². The van der Waals surface area contributed by atoms with Crippen molar-refractivity contribution in [2.45, 2.75) is 6.61 Å². The van der Waals surface area contributed by atoms with Gasteiger partial charge in [-0.1, -0.05) is 33.6 Å². The Bertz CT molecular complexity index is 486. The van der Waals surface area contributed by atoms with Crippen molar-refractivity contribution in [1.82, 2.24) is 4.98 Å². The van der Waals surface area contributed by atoms with Crippen molar-refractivity contribution in [2.75, 3.05) is 0 Å². The van der Waals surface area contributed by atoms with Gasteiger partial charge in [0.1, 0.15) is 5.01 Å². The molecule has 0 aliphatic carbocycles. The summed E-state index contributed by atoms with van der Waals surface area (Å²) in [5.74, 6) is 0. The van der Waals surface area contributed by atoms with Crippen molar-refractivity contribution in [2.24, 2.45) is 0 Å². The number of rotatable bonds is 2. The zero-order chi connectivity index (χ0) is 10.8. The second-order valence-corrected chi connectivity index (χ2v) is 5.17. The van der Waals surface area contributed by atoms with Crippen LogP contribution >= 0.6 is 38.9 Å². The summed E-state index contributed by atoms with van der Waals surface area (Å²) in [6, 6.07) is 5.65. The van der Waals surface area contributed by atoms with E-state index in [1.807, 2.05) is 23.6 Å². The number of thiazole rings is 1. The lowest BCUT2D eigenvalue weighted by atomic mass is 10.2. The summed E-state index contributed by atoms with van der Waals surface area (Å²) in [7, 11) is 0. The first-order valence-electron chi connectivity index (χ1n) is 4.21. The highest BCUT2D eigenvalue weighted by atomic mass is 79.9. The fourth-order valence-electron chi connectivity index (χ4n) is 1.20. The lowest BCUT2D eigenvalue weighted by molar-refractivity contribution is 0.281. The molecule has 0 amide bonds. The Balaban J connectivity index is 2.44. The first-order valence-corrected chi connectivity index (χ1v) is 6.26. The molecule has 0 aliphatic rings. The molecule has 5 heteroatoms. The van der Waals surface area contributed by atoms with Gasteiger partial charge in [0.15, 0.2) is 0 Å². The maximum absolute atomic E-state index is 8.92. The van der Waals surface area contributed by atoms with Crippen molar-refractivity contribution in [3.63, 3.8) is 0 Å². The minimum absolute atomic E-state index is 0.0290. The van der Waals surface area contributed by atoms with Gasteiger partial charge in [-0.2, -0.15) is 0 Å². The first kappa shape index (κ1) is 11.1. The average molecular weight is 305 g/mol. The van der Waals surface area contributed by atoms with Gasteiger partial charge in [0.2, 0.25) is 0 Å². The molecule has 1 heterocycles. The fraction of sp³-hybridized carbons (Fsp3) is 0.100. The number of aromatic nitrogens is 1. The number of aliphatic hydroxyl groups excluding tert-OH is 1. The molecule has 1 N–H and O–H groups in total. The summed E-state index contributed by atoms with van der Waals surface area (Å²) in [6.07, 6.45) is 0. The van der Waals surface area contributed by atoms with E-state index in [1.54, 1.807) is 0 Å². The molecule has 0 unspecified atom stereocenters. The molecule has 2 rings (SSSR count). The standard InChI is InChI=1S/C10H7BrClNOS/c11-6-1-2-7(8(12)3-6)9-5-15-10(4-14)13-9/h1-3,5,14H,4H2. The molecule has 15 heavy (non-hydrogen) atoms. The van der Waals surface area contributed by atoms with Gasteiger partial charge in [-0.3, -0.25) is 0 Å². The topological polar surface area (TPSA) is 33.1 Å². The molecular formula is C10H7BrClNOS. The molecular weight excluding hydrogens is 298 g/mol. The third kappa shape index (κ3) is 2.39. The second kappa shape index (κ2) is 4.61. The van der Waals surface area contributed by atoms with E-state index in [0.717, 1.165) is 15.7 Å². The van der Waals surface area contributed by atoms with E-state index in [-0.39, 0.29) is 6.61 Å². The molecule has 0 radical (unpaired) electrons. The maximum Gasteiger partial charge on any atom is 0.119 e. The zero-order valence-electron chi connectivity index (χ0n) is 7.58. The summed E-state index contributed by atoms with van der Waals surface area (Å²) < 4.78 is 0.939. The monoisotopic (exact) mass is 303 g/mol. The molecule has 0 saturated carbocycles. The molecule has 2 aromatic rings. The Morgan fingerprint density at radius 2 is 2.27 bits per heavy atom. The molecule has 0 bridgehead atoms. The van der Waals surface area contributed by atoms with Crippen molar-refractivity contribution < 1.29 is 5.11 Å². The van der Waals surface area contributed by atoms with Crippen molar-refractivity contribution in [1.29, 1.82) is 0 Å². The molecule has 78 valence electrons. The highest BCUT2D eigenvalue weighted by Gasteiger charge is 2.07. The largest absolute Gasteiger partial charge is 0.389 e. The number of benzene rings is 1. The first-order chi connectivity index (χ1) is 7.20. The molecule has 0 aliphatic heterocycles. The van der Waals surface area contributed by atoms with E-state index in [1.165, 1.54) is 11.3 Å². The number of aliphatic hydroxyl groups is 1. The molecule has 2 nitrogen and oxygen atoms in total. The summed E-state index contributed by atoms with van der Waals surface area (Å²) in [5, 5.41) is 12.2. The third-order valence-electron chi connectivity index (χ3n) is 1.89. The molecule has 0 fully saturated rings. The van der Waals surface area contributed by atoms with E-state index in [4.69, 9.17) is 16.7 Å². The Morgan fingerprint density at radius 3 is 2.87 bits per heavy atom. The van der Waals surface area contributed by atoms with Gasteiger partial charge < -0.3 is 5.11 Å². The van der Waals surface area contributed by atoms with Crippen LogP contribution in [-0.2, 0) is 6.61 Å². The second-order valence-electron chi connectivity index (χ2n) is 2.91. The summed E-state index contributed by atoms with van der Waals surface area (Å²) in [6.45, 7) is -0.0290. The van der Waals surface area contributed by atoms with Crippen LogP contribution < -0.4 is 0 Å². The summed E-state index contributed by atoms with van der Waals surface area (Å²) in [4.78, 5) is 4.26. The van der Waals surface area contributed by atoms with E-state index >= 15 is 0 Å². The van der Waals surface area contributed by atoms with Crippen LogP contribution in [0.5, 0.6) is 0 Å². The Hall–Kier alpha value is -0.420. The fourth-order valence-corrected chi connectivity index (χ4v) is 2.63. The molecule has 1 aromatic heterocycles. The molecule has 0 saturated heterocycles. The highest BCUT2D eigenvalue weighted by molar-refractivity contribution is 9.10. The van der Waals surface area contributed by atoms with Crippen LogP contribution in [0, 0.1) is 0 Å². The van der Waals surface area contributed by atoms with E-state index < -0.39 is 0 Å². The summed E-state index contributed by atoms with van der Waals surface area (Å²) >= 11 is 10.9. The molecule has 0 atom stereocenters. The average Bonchev–Trinajstić information content (AvgIpc) is 2.66. The van der Waals surface area contributed by atoms with Gasteiger partial charge in [0.25, 0.3) is 0 Å². The lowest BCUT2D eigenvalue weighted by Crippen LogP contribution is -1.83. The van der Waals surface area contributed by atoms with Crippen molar-refractivity contribution in [3.05, 3.63) is 38.1 Å². The third-order valence-corrected chi connectivity index (χ3v) is 3.53. The van der Waals surface area contributed by atoms with Crippen molar-refractivity contribution in [3.8, 4) is 11.3 Å². The van der Waals surface area contributed by atoms with Crippen LogP contribution in [-0.4, -0.2) is 10.1 Å². The van der Waals surface area contributed by atoms with Gasteiger partial charge in [-0.25, -0.2) is 4.98 Å². The van der Waals surface area contributed by atoms with Crippen LogP contribution in [0.4, 0.5) is 0 Å². The normalized spacial score (nSPS) is 10.6. The van der Waals surface area contributed by atoms with E-state index in [2.05, 4.69) is 20.9 Å². The van der Waals surface area contributed by atoms with Crippen molar-refractivity contribution >= 4 is 38.9 Å².